The van der Waals surface area contributed by atoms with Crippen molar-refractivity contribution in [1.82, 2.24) is 15.1 Å². The SMILES string of the molecule is O=C(O)c1ccc2c(c1)nnn2N1CCCCC1. The molecule has 6 heteroatoms. The summed E-state index contributed by atoms with van der Waals surface area (Å²) < 4.78 is 0. The lowest BCUT2D eigenvalue weighted by Crippen LogP contribution is -2.39. The molecule has 0 amide bonds. The van der Waals surface area contributed by atoms with Crippen molar-refractivity contribution in [2.75, 3.05) is 18.1 Å². The molecule has 1 N–H and O–H groups in total. The van der Waals surface area contributed by atoms with E-state index in [0.29, 0.717) is 5.52 Å². The largest absolute Gasteiger partial charge is 0.478 e. The summed E-state index contributed by atoms with van der Waals surface area (Å²) in [5, 5.41) is 19.3. The molecule has 0 spiro atoms. The van der Waals surface area contributed by atoms with Crippen molar-refractivity contribution in [3.63, 3.8) is 0 Å². The second kappa shape index (κ2) is 4.29. The van der Waals surface area contributed by atoms with E-state index in [0.717, 1.165) is 31.4 Å². The minimum absolute atomic E-state index is 0.244. The van der Waals surface area contributed by atoms with E-state index in [4.69, 9.17) is 5.11 Å². The van der Waals surface area contributed by atoms with Gasteiger partial charge < -0.3 is 5.11 Å². The van der Waals surface area contributed by atoms with Crippen LogP contribution >= 0.6 is 0 Å². The lowest BCUT2D eigenvalue weighted by Gasteiger charge is -2.28. The number of fused-ring (bicyclic) bond motifs is 1. The van der Waals surface area contributed by atoms with Crippen molar-refractivity contribution in [1.29, 1.82) is 0 Å². The third-order valence-corrected chi connectivity index (χ3v) is 3.28. The summed E-state index contributed by atoms with van der Waals surface area (Å²) in [5.74, 6) is -0.940. The van der Waals surface area contributed by atoms with Crippen LogP contribution in [0.15, 0.2) is 18.2 Å². The molecule has 0 saturated carbocycles. The van der Waals surface area contributed by atoms with Gasteiger partial charge in [0.05, 0.1) is 5.56 Å². The summed E-state index contributed by atoms with van der Waals surface area (Å²) in [7, 11) is 0. The molecular weight excluding hydrogens is 232 g/mol. The minimum Gasteiger partial charge on any atom is -0.478 e. The van der Waals surface area contributed by atoms with Gasteiger partial charge in [0.1, 0.15) is 11.0 Å². The highest BCUT2D eigenvalue weighted by atomic mass is 16.4. The molecule has 2 heterocycles. The van der Waals surface area contributed by atoms with Gasteiger partial charge in [0.2, 0.25) is 0 Å². The quantitative estimate of drug-likeness (QED) is 0.863. The van der Waals surface area contributed by atoms with E-state index in [2.05, 4.69) is 15.3 Å². The fourth-order valence-electron chi connectivity index (χ4n) is 2.32. The molecular formula is C12H14N4O2. The Labute approximate surface area is 104 Å². The van der Waals surface area contributed by atoms with Crippen molar-refractivity contribution >= 4 is 17.0 Å². The summed E-state index contributed by atoms with van der Waals surface area (Å²) in [6, 6.07) is 4.92. The average Bonchev–Trinajstić information content (AvgIpc) is 2.82. The van der Waals surface area contributed by atoms with Crippen molar-refractivity contribution in [2.24, 2.45) is 0 Å². The van der Waals surface area contributed by atoms with Gasteiger partial charge in [0.15, 0.2) is 0 Å². The number of piperidine rings is 1. The van der Waals surface area contributed by atoms with Gasteiger partial charge in [-0.2, -0.15) is 4.79 Å². The van der Waals surface area contributed by atoms with Gasteiger partial charge in [-0.25, -0.2) is 4.79 Å². The van der Waals surface area contributed by atoms with E-state index < -0.39 is 5.97 Å². The first kappa shape index (κ1) is 11.0. The van der Waals surface area contributed by atoms with Gasteiger partial charge in [-0.05, 0) is 42.7 Å². The Morgan fingerprint density at radius 3 is 2.72 bits per heavy atom. The van der Waals surface area contributed by atoms with Crippen LogP contribution in [0.2, 0.25) is 0 Å². The molecule has 3 rings (SSSR count). The fraction of sp³-hybridized carbons (Fsp3) is 0.417. The van der Waals surface area contributed by atoms with Crippen molar-refractivity contribution in [3.05, 3.63) is 23.8 Å². The molecule has 0 aliphatic carbocycles. The zero-order chi connectivity index (χ0) is 12.5. The summed E-state index contributed by atoms with van der Waals surface area (Å²) in [4.78, 5) is 12.7. The second-order valence-corrected chi connectivity index (χ2v) is 4.50. The van der Waals surface area contributed by atoms with Crippen LogP contribution in [-0.4, -0.2) is 39.3 Å². The minimum atomic E-state index is -0.940. The number of hydrogen-bond acceptors (Lipinski definition) is 4. The molecule has 2 aromatic rings. The lowest BCUT2D eigenvalue weighted by atomic mass is 10.2. The Morgan fingerprint density at radius 1 is 1.22 bits per heavy atom. The first-order valence-electron chi connectivity index (χ1n) is 6.10. The molecule has 1 aliphatic heterocycles. The van der Waals surface area contributed by atoms with Gasteiger partial charge in [0.25, 0.3) is 0 Å². The van der Waals surface area contributed by atoms with E-state index in [1.54, 1.807) is 23.0 Å². The van der Waals surface area contributed by atoms with Crippen LogP contribution in [0.3, 0.4) is 0 Å². The standard InChI is InChI=1S/C12H14N4O2/c17-12(18)9-4-5-11-10(8-9)13-14-16(11)15-6-2-1-3-7-15/h4-5,8H,1-3,6-7H2,(H,17,18). The number of hydrogen-bond donors (Lipinski definition) is 1. The number of aromatic carboxylic acids is 1. The van der Waals surface area contributed by atoms with Crippen LogP contribution in [0, 0.1) is 0 Å². The lowest BCUT2D eigenvalue weighted by molar-refractivity contribution is 0.0697. The highest BCUT2D eigenvalue weighted by Gasteiger charge is 2.15. The van der Waals surface area contributed by atoms with E-state index in [-0.39, 0.29) is 5.56 Å². The van der Waals surface area contributed by atoms with Crippen molar-refractivity contribution < 1.29 is 9.90 Å². The molecule has 1 aliphatic rings. The van der Waals surface area contributed by atoms with E-state index in [1.165, 1.54) is 6.42 Å². The van der Waals surface area contributed by atoms with Gasteiger partial charge in [-0.1, -0.05) is 0 Å². The molecule has 94 valence electrons. The van der Waals surface area contributed by atoms with Crippen LogP contribution in [-0.2, 0) is 0 Å². The molecule has 1 aromatic carbocycles. The highest BCUT2D eigenvalue weighted by molar-refractivity contribution is 5.92. The zero-order valence-electron chi connectivity index (χ0n) is 9.91. The number of aromatic nitrogens is 3. The summed E-state index contributed by atoms with van der Waals surface area (Å²) in [6.07, 6.45) is 3.58. The summed E-state index contributed by atoms with van der Waals surface area (Å²) in [6.45, 7) is 1.94. The number of benzene rings is 1. The van der Waals surface area contributed by atoms with Crippen molar-refractivity contribution in [2.45, 2.75) is 19.3 Å². The van der Waals surface area contributed by atoms with Crippen LogP contribution in [0.4, 0.5) is 0 Å². The molecule has 1 fully saturated rings. The van der Waals surface area contributed by atoms with E-state index >= 15 is 0 Å². The topological polar surface area (TPSA) is 71.2 Å². The normalized spacial score (nSPS) is 16.1. The molecule has 1 aromatic heterocycles. The number of rotatable bonds is 2. The molecule has 0 unspecified atom stereocenters. The van der Waals surface area contributed by atoms with Crippen LogP contribution in [0.1, 0.15) is 29.6 Å². The van der Waals surface area contributed by atoms with Gasteiger partial charge >= 0.3 is 5.97 Å². The molecule has 6 nitrogen and oxygen atoms in total. The smallest absolute Gasteiger partial charge is 0.335 e. The van der Waals surface area contributed by atoms with Crippen LogP contribution in [0.5, 0.6) is 0 Å². The van der Waals surface area contributed by atoms with E-state index in [1.807, 2.05) is 0 Å². The highest BCUT2D eigenvalue weighted by Crippen LogP contribution is 2.16. The third kappa shape index (κ3) is 1.79. The maximum absolute atomic E-state index is 10.9. The first-order chi connectivity index (χ1) is 8.75. The predicted octanol–water partition coefficient (Wildman–Crippen LogP) is 1.25. The Kier molecular flexibility index (Phi) is 2.62. The van der Waals surface area contributed by atoms with Gasteiger partial charge in [-0.3, -0.25) is 5.01 Å². The molecule has 18 heavy (non-hydrogen) atoms. The van der Waals surface area contributed by atoms with Crippen LogP contribution < -0.4 is 5.01 Å². The molecule has 1 saturated heterocycles. The molecule has 0 bridgehead atoms. The first-order valence-corrected chi connectivity index (χ1v) is 6.10. The summed E-state index contributed by atoms with van der Waals surface area (Å²) >= 11 is 0. The number of carbonyl (C=O) groups is 1. The number of carboxylic acids is 1. The van der Waals surface area contributed by atoms with E-state index in [9.17, 15) is 4.79 Å². The Morgan fingerprint density at radius 2 is 2.00 bits per heavy atom. The maximum atomic E-state index is 10.9. The molecule has 0 atom stereocenters. The van der Waals surface area contributed by atoms with Gasteiger partial charge in [0, 0.05) is 13.1 Å². The predicted molar refractivity (Wildman–Crippen MR) is 66.3 cm³/mol. The fourth-order valence-corrected chi connectivity index (χ4v) is 2.32. The number of carboxylic acid groups (broad SMARTS) is 1. The van der Waals surface area contributed by atoms with Gasteiger partial charge in [-0.15, -0.1) is 5.10 Å². The average molecular weight is 246 g/mol. The van der Waals surface area contributed by atoms with Crippen LogP contribution in [0.25, 0.3) is 11.0 Å². The Hall–Kier alpha value is -2.11. The zero-order valence-corrected chi connectivity index (χ0v) is 9.91. The maximum Gasteiger partial charge on any atom is 0.335 e. The molecule has 0 radical (unpaired) electrons. The third-order valence-electron chi connectivity index (χ3n) is 3.28. The number of nitrogens with zero attached hydrogens (tertiary/aromatic N) is 4. The monoisotopic (exact) mass is 246 g/mol. The second-order valence-electron chi connectivity index (χ2n) is 4.50. The summed E-state index contributed by atoms with van der Waals surface area (Å²) in [5.41, 5.74) is 1.73. The Balaban J connectivity index is 2.01. The Bertz CT molecular complexity index is 587. The van der Waals surface area contributed by atoms with Crippen molar-refractivity contribution in [3.8, 4) is 0 Å².